The van der Waals surface area contributed by atoms with Crippen LogP contribution >= 0.6 is 0 Å². The van der Waals surface area contributed by atoms with Crippen LogP contribution in [0.1, 0.15) is 73.1 Å². The first kappa shape index (κ1) is 27.4. The first-order valence-electron chi connectivity index (χ1n) is 13.5. The fourth-order valence-electron chi connectivity index (χ4n) is 5.44. The number of allylic oxidation sites excluding steroid dienone is 4. The third-order valence-corrected chi connectivity index (χ3v) is 7.76. The predicted molar refractivity (Wildman–Crippen MR) is 142 cm³/mol. The molecule has 4 heteroatoms. The Kier molecular flexibility index (Phi) is 10.2. The van der Waals surface area contributed by atoms with Crippen molar-refractivity contribution in [1.29, 1.82) is 0 Å². The first-order chi connectivity index (χ1) is 16.2. The van der Waals surface area contributed by atoms with Crippen LogP contribution in [0, 0.1) is 17.8 Å². The Hall–Kier alpha value is -1.20. The summed E-state index contributed by atoms with van der Waals surface area (Å²) in [5.74, 6) is 1.70. The van der Waals surface area contributed by atoms with E-state index < -0.39 is 0 Å². The minimum atomic E-state index is -0.313. The summed E-state index contributed by atoms with van der Waals surface area (Å²) in [5.41, 5.74) is 2.73. The Balaban J connectivity index is 1.47. The quantitative estimate of drug-likeness (QED) is 0.392. The fraction of sp³-hybridized carbons (Fsp3) is 0.733. The lowest BCUT2D eigenvalue weighted by atomic mass is 9.94. The molecule has 1 N–H and O–H groups in total. The number of aliphatic hydroxyl groups excluding tert-OH is 1. The standard InChI is InChI=1S/C30H49NO3/c1-8-29-21(3)10-14-30(34-29)22(4)15-20(2)9-11-24-17-25(24)12-13-27-18-26(31(6)7)19-28(33-27)16-23(5)32/h9-13,15,20,23-30,32H,8,14,16-19H2,1-7H3/b11-9+,13-12+,22-15+/t20-,23?,24+,25?,26?,27?,28?,29?,30?/m1/s1. The zero-order valence-corrected chi connectivity index (χ0v) is 22.6. The maximum absolute atomic E-state index is 9.81. The molecule has 3 aliphatic rings. The van der Waals surface area contributed by atoms with E-state index in [1.54, 1.807) is 0 Å². The van der Waals surface area contributed by atoms with Crippen molar-refractivity contribution in [2.24, 2.45) is 17.8 Å². The molecule has 0 aromatic carbocycles. The minimum absolute atomic E-state index is 0.140. The summed E-state index contributed by atoms with van der Waals surface area (Å²) in [5, 5.41) is 9.81. The molecule has 2 aliphatic heterocycles. The number of hydrogen-bond donors (Lipinski definition) is 1. The lowest BCUT2D eigenvalue weighted by Gasteiger charge is -2.38. The van der Waals surface area contributed by atoms with Gasteiger partial charge in [-0.05, 0) is 102 Å². The second-order valence-corrected chi connectivity index (χ2v) is 11.3. The van der Waals surface area contributed by atoms with Crippen molar-refractivity contribution in [3.05, 3.63) is 47.6 Å². The van der Waals surface area contributed by atoms with Crippen molar-refractivity contribution in [2.75, 3.05) is 14.1 Å². The van der Waals surface area contributed by atoms with E-state index in [0.717, 1.165) is 32.1 Å². The summed E-state index contributed by atoms with van der Waals surface area (Å²) in [7, 11) is 4.30. The molecule has 192 valence electrons. The topological polar surface area (TPSA) is 41.9 Å². The molecule has 2 fully saturated rings. The first-order valence-corrected chi connectivity index (χ1v) is 13.5. The zero-order valence-electron chi connectivity index (χ0n) is 22.6. The van der Waals surface area contributed by atoms with Gasteiger partial charge in [0, 0.05) is 6.04 Å². The molecule has 4 nitrogen and oxygen atoms in total. The van der Waals surface area contributed by atoms with Gasteiger partial charge in [0.15, 0.2) is 0 Å². The van der Waals surface area contributed by atoms with Gasteiger partial charge in [-0.15, -0.1) is 0 Å². The highest BCUT2D eigenvalue weighted by Crippen LogP contribution is 2.41. The molecule has 0 aromatic heterocycles. The van der Waals surface area contributed by atoms with Gasteiger partial charge in [-0.25, -0.2) is 0 Å². The molecule has 2 heterocycles. The van der Waals surface area contributed by atoms with Gasteiger partial charge in [0.2, 0.25) is 0 Å². The molecule has 7 unspecified atom stereocenters. The fourth-order valence-corrected chi connectivity index (χ4v) is 5.44. The van der Waals surface area contributed by atoms with Gasteiger partial charge in [-0.2, -0.15) is 0 Å². The van der Waals surface area contributed by atoms with Crippen molar-refractivity contribution in [3.8, 4) is 0 Å². The molecule has 0 radical (unpaired) electrons. The third-order valence-electron chi connectivity index (χ3n) is 7.76. The molecular formula is C30H49NO3. The number of nitrogens with zero attached hydrogens (tertiary/aromatic N) is 1. The van der Waals surface area contributed by atoms with Crippen LogP contribution in [0.4, 0.5) is 0 Å². The molecule has 3 rings (SSSR count). The van der Waals surface area contributed by atoms with Gasteiger partial charge in [0.05, 0.1) is 30.5 Å². The van der Waals surface area contributed by atoms with Crippen molar-refractivity contribution >= 4 is 0 Å². The van der Waals surface area contributed by atoms with Gasteiger partial charge in [-0.3, -0.25) is 0 Å². The Morgan fingerprint density at radius 2 is 1.85 bits per heavy atom. The molecule has 1 saturated carbocycles. The van der Waals surface area contributed by atoms with E-state index >= 15 is 0 Å². The maximum Gasteiger partial charge on any atom is 0.0825 e. The number of ether oxygens (including phenoxy) is 2. The van der Waals surface area contributed by atoms with Crippen molar-refractivity contribution in [1.82, 2.24) is 4.90 Å². The molecule has 0 spiro atoms. The van der Waals surface area contributed by atoms with Gasteiger partial charge in [0.1, 0.15) is 0 Å². The maximum atomic E-state index is 9.81. The molecular weight excluding hydrogens is 422 g/mol. The van der Waals surface area contributed by atoms with E-state index in [4.69, 9.17) is 9.47 Å². The largest absolute Gasteiger partial charge is 0.393 e. The van der Waals surface area contributed by atoms with E-state index in [9.17, 15) is 5.11 Å². The average molecular weight is 472 g/mol. The summed E-state index contributed by atoms with van der Waals surface area (Å²) in [6.45, 7) is 10.7. The van der Waals surface area contributed by atoms with E-state index in [2.05, 4.69) is 83.1 Å². The third kappa shape index (κ3) is 8.19. The number of aliphatic hydroxyl groups is 1. The smallest absolute Gasteiger partial charge is 0.0825 e. The number of rotatable bonds is 10. The molecule has 0 bridgehead atoms. The van der Waals surface area contributed by atoms with Crippen molar-refractivity contribution in [2.45, 2.75) is 110 Å². The Bertz CT molecular complexity index is 765. The van der Waals surface area contributed by atoms with Crippen LogP contribution in [0.25, 0.3) is 0 Å². The molecule has 0 aromatic rings. The lowest BCUT2D eigenvalue weighted by molar-refractivity contribution is -0.0702. The van der Waals surface area contributed by atoms with Gasteiger partial charge < -0.3 is 19.5 Å². The highest BCUT2D eigenvalue weighted by Gasteiger charge is 2.34. The summed E-state index contributed by atoms with van der Waals surface area (Å²) >= 11 is 0. The van der Waals surface area contributed by atoms with Crippen LogP contribution in [0.15, 0.2) is 47.6 Å². The van der Waals surface area contributed by atoms with Gasteiger partial charge in [-0.1, -0.05) is 50.3 Å². The highest BCUT2D eigenvalue weighted by molar-refractivity contribution is 5.19. The summed E-state index contributed by atoms with van der Waals surface area (Å²) in [6.07, 6.45) is 20.7. The summed E-state index contributed by atoms with van der Waals surface area (Å²) < 4.78 is 12.6. The van der Waals surface area contributed by atoms with E-state index in [1.807, 2.05) is 6.92 Å². The van der Waals surface area contributed by atoms with Gasteiger partial charge >= 0.3 is 0 Å². The van der Waals surface area contributed by atoms with E-state index in [1.165, 1.54) is 17.6 Å². The van der Waals surface area contributed by atoms with Crippen LogP contribution in [0.5, 0.6) is 0 Å². The highest BCUT2D eigenvalue weighted by atomic mass is 16.5. The van der Waals surface area contributed by atoms with E-state index in [-0.39, 0.29) is 30.5 Å². The van der Waals surface area contributed by atoms with Crippen molar-refractivity contribution < 1.29 is 14.6 Å². The molecule has 0 amide bonds. The van der Waals surface area contributed by atoms with E-state index in [0.29, 0.717) is 23.8 Å². The van der Waals surface area contributed by atoms with Crippen LogP contribution in [-0.2, 0) is 9.47 Å². The average Bonchev–Trinajstić information content (AvgIpc) is 3.54. The van der Waals surface area contributed by atoms with Gasteiger partial charge in [0.25, 0.3) is 0 Å². The van der Waals surface area contributed by atoms with Crippen LogP contribution in [-0.4, -0.2) is 60.7 Å². The molecule has 1 aliphatic carbocycles. The second-order valence-electron chi connectivity index (χ2n) is 11.3. The second kappa shape index (κ2) is 12.7. The van der Waals surface area contributed by atoms with Crippen LogP contribution in [0.2, 0.25) is 0 Å². The normalized spacial score (nSPS) is 36.8. The van der Waals surface area contributed by atoms with Crippen LogP contribution in [0.3, 0.4) is 0 Å². The molecule has 9 atom stereocenters. The lowest BCUT2D eigenvalue weighted by Crippen LogP contribution is -2.42. The Labute approximate surface area is 208 Å². The Morgan fingerprint density at radius 1 is 1.12 bits per heavy atom. The molecule has 34 heavy (non-hydrogen) atoms. The van der Waals surface area contributed by atoms with Crippen LogP contribution < -0.4 is 0 Å². The zero-order chi connectivity index (χ0) is 24.8. The SMILES string of the molecule is CCC1OC(/C(C)=C/[C@H](C)/C=C/[C@H]2CC2/C=C/C2CC(N(C)C)CC(CC(C)O)O2)CC=C1C. The predicted octanol–water partition coefficient (Wildman–Crippen LogP) is 6.08. The monoisotopic (exact) mass is 471 g/mol. The Morgan fingerprint density at radius 3 is 2.53 bits per heavy atom. The number of hydrogen-bond acceptors (Lipinski definition) is 4. The summed E-state index contributed by atoms with van der Waals surface area (Å²) in [6, 6.07) is 0.512. The minimum Gasteiger partial charge on any atom is -0.393 e. The summed E-state index contributed by atoms with van der Waals surface area (Å²) in [4.78, 5) is 2.30. The van der Waals surface area contributed by atoms with Crippen molar-refractivity contribution in [3.63, 3.8) is 0 Å². The molecule has 1 saturated heterocycles.